The van der Waals surface area contributed by atoms with Gasteiger partial charge in [0.05, 0.1) is 11.1 Å². The summed E-state index contributed by atoms with van der Waals surface area (Å²) in [7, 11) is 0. The Bertz CT molecular complexity index is 540. The quantitative estimate of drug-likeness (QED) is 0.768. The molecule has 0 radical (unpaired) electrons. The van der Waals surface area contributed by atoms with E-state index < -0.39 is 35.6 Å². The highest BCUT2D eigenvalue weighted by Crippen LogP contribution is 2.14. The molecule has 6 heteroatoms. The fraction of sp³-hybridized carbons (Fsp3) is 0.0909. The van der Waals surface area contributed by atoms with Crippen molar-refractivity contribution in [3.05, 3.63) is 34.9 Å². The minimum Gasteiger partial charge on any atom is -0.481 e. The van der Waals surface area contributed by atoms with E-state index in [1.54, 1.807) is 0 Å². The van der Waals surface area contributed by atoms with Crippen LogP contribution < -0.4 is 0 Å². The third-order valence-corrected chi connectivity index (χ3v) is 1.75. The van der Waals surface area contributed by atoms with Crippen LogP contribution in [-0.4, -0.2) is 22.2 Å². The predicted molar refractivity (Wildman–Crippen MR) is 52.4 cm³/mol. The summed E-state index contributed by atoms with van der Waals surface area (Å²) in [5.74, 6) is -0.740. The van der Waals surface area contributed by atoms with Crippen molar-refractivity contribution < 1.29 is 28.6 Å². The second kappa shape index (κ2) is 5.07. The third kappa shape index (κ3) is 3.28. The highest BCUT2D eigenvalue weighted by molar-refractivity contribution is 5.88. The molecule has 4 nitrogen and oxygen atoms in total. The van der Waals surface area contributed by atoms with Gasteiger partial charge in [-0.25, -0.2) is 13.6 Å². The van der Waals surface area contributed by atoms with Gasteiger partial charge in [0.15, 0.2) is 0 Å². The second-order valence-corrected chi connectivity index (χ2v) is 2.99. The van der Waals surface area contributed by atoms with E-state index in [9.17, 15) is 18.4 Å². The molecule has 1 aromatic rings. The summed E-state index contributed by atoms with van der Waals surface area (Å²) in [6.07, 6.45) is -0.515. The first kappa shape index (κ1) is 12.6. The molecule has 0 saturated heterocycles. The number of aliphatic carboxylic acids is 1. The van der Waals surface area contributed by atoms with E-state index in [1.165, 1.54) is 0 Å². The Morgan fingerprint density at radius 3 is 2.35 bits per heavy atom. The summed E-state index contributed by atoms with van der Waals surface area (Å²) in [6.45, 7) is 0. The van der Waals surface area contributed by atoms with Crippen LogP contribution in [0.4, 0.5) is 8.78 Å². The fourth-order valence-electron chi connectivity index (χ4n) is 1.02. The monoisotopic (exact) mass is 240 g/mol. The van der Waals surface area contributed by atoms with Crippen molar-refractivity contribution in [2.24, 2.45) is 0 Å². The molecule has 1 rings (SSSR count). The minimum absolute atomic E-state index is 0.356. The fourth-order valence-corrected chi connectivity index (χ4v) is 1.02. The van der Waals surface area contributed by atoms with Gasteiger partial charge in [-0.15, -0.1) is 0 Å². The van der Waals surface area contributed by atoms with E-state index in [1.807, 2.05) is 0 Å². The van der Waals surface area contributed by atoms with E-state index in [4.69, 9.17) is 10.2 Å². The van der Waals surface area contributed by atoms with E-state index >= 15 is 0 Å². The molecule has 17 heavy (non-hydrogen) atoms. The van der Waals surface area contributed by atoms with E-state index in [0.29, 0.717) is 6.07 Å². The summed E-state index contributed by atoms with van der Waals surface area (Å²) in [5, 5.41) is 16.9. The maximum atomic E-state index is 13.1. The van der Waals surface area contributed by atoms with Gasteiger partial charge in [0.2, 0.25) is 0 Å². The molecule has 0 saturated carbocycles. The Balaban J connectivity index is 3.15. The van der Waals surface area contributed by atoms with Crippen LogP contribution in [0.15, 0.2) is 12.1 Å². The number of hydrogen-bond donors (Lipinski definition) is 2. The Morgan fingerprint density at radius 1 is 1.18 bits per heavy atom. The molecule has 0 fully saturated rings. The lowest BCUT2D eigenvalue weighted by atomic mass is 10.1. The first-order valence-electron chi connectivity index (χ1n) is 4.35. The average molecular weight is 240 g/mol. The van der Waals surface area contributed by atoms with Crippen molar-refractivity contribution in [3.63, 3.8) is 0 Å². The molecule has 0 aliphatic heterocycles. The van der Waals surface area contributed by atoms with Crippen LogP contribution in [0.1, 0.15) is 22.3 Å². The van der Waals surface area contributed by atoms with Crippen LogP contribution in [0, 0.1) is 23.5 Å². The van der Waals surface area contributed by atoms with Gasteiger partial charge in [0.1, 0.15) is 18.1 Å². The zero-order chi connectivity index (χ0) is 13.0. The highest BCUT2D eigenvalue weighted by atomic mass is 19.1. The molecule has 2 N–H and O–H groups in total. The van der Waals surface area contributed by atoms with Crippen LogP contribution in [0.25, 0.3) is 0 Å². The number of benzene rings is 1. The lowest BCUT2D eigenvalue weighted by Gasteiger charge is -1.99. The third-order valence-electron chi connectivity index (χ3n) is 1.75. The molecule has 0 unspecified atom stereocenters. The number of halogens is 2. The number of aromatic carboxylic acids is 1. The first-order chi connectivity index (χ1) is 7.91. The zero-order valence-electron chi connectivity index (χ0n) is 8.33. The van der Waals surface area contributed by atoms with Gasteiger partial charge in [-0.2, -0.15) is 0 Å². The van der Waals surface area contributed by atoms with Crippen molar-refractivity contribution in [2.45, 2.75) is 6.42 Å². The van der Waals surface area contributed by atoms with Crippen LogP contribution in [0.5, 0.6) is 0 Å². The summed E-state index contributed by atoms with van der Waals surface area (Å²) in [4.78, 5) is 20.7. The molecule has 88 valence electrons. The Kier molecular flexibility index (Phi) is 3.78. The largest absolute Gasteiger partial charge is 0.481 e. The average Bonchev–Trinajstić information content (AvgIpc) is 2.20. The van der Waals surface area contributed by atoms with Crippen molar-refractivity contribution in [1.82, 2.24) is 0 Å². The molecule has 0 atom stereocenters. The second-order valence-electron chi connectivity index (χ2n) is 2.99. The lowest BCUT2D eigenvalue weighted by molar-refractivity contribution is -0.135. The number of hydrogen-bond acceptors (Lipinski definition) is 2. The van der Waals surface area contributed by atoms with Gasteiger partial charge >= 0.3 is 11.9 Å². The van der Waals surface area contributed by atoms with Gasteiger partial charge in [0.25, 0.3) is 0 Å². The Morgan fingerprint density at radius 2 is 1.82 bits per heavy atom. The first-order valence-corrected chi connectivity index (χ1v) is 4.35. The van der Waals surface area contributed by atoms with Crippen molar-refractivity contribution in [3.8, 4) is 11.8 Å². The SMILES string of the molecule is O=C(O)CC#Cc1cc(C(=O)O)c(F)cc1F. The molecular weight excluding hydrogens is 234 g/mol. The number of carboxylic acids is 2. The van der Waals surface area contributed by atoms with Crippen LogP contribution >= 0.6 is 0 Å². The molecule has 0 aromatic heterocycles. The Hall–Kier alpha value is -2.42. The van der Waals surface area contributed by atoms with Gasteiger partial charge in [-0.05, 0) is 6.07 Å². The zero-order valence-corrected chi connectivity index (χ0v) is 8.33. The van der Waals surface area contributed by atoms with Crippen molar-refractivity contribution in [1.29, 1.82) is 0 Å². The van der Waals surface area contributed by atoms with Crippen molar-refractivity contribution >= 4 is 11.9 Å². The number of rotatable bonds is 2. The molecule has 0 aliphatic carbocycles. The predicted octanol–water partition coefficient (Wildman–Crippen LogP) is 1.49. The maximum Gasteiger partial charge on any atom is 0.338 e. The standard InChI is InChI=1S/C11H6F2O4/c12-8-5-9(13)7(11(16)17)4-6(8)2-1-3-10(14)15/h4-5H,3H2,(H,14,15)(H,16,17). The summed E-state index contributed by atoms with van der Waals surface area (Å²) in [5.41, 5.74) is -1.07. The van der Waals surface area contributed by atoms with E-state index in [-0.39, 0.29) is 5.56 Å². The summed E-state index contributed by atoms with van der Waals surface area (Å²) >= 11 is 0. The number of carbonyl (C=O) groups is 2. The topological polar surface area (TPSA) is 74.6 Å². The highest BCUT2D eigenvalue weighted by Gasteiger charge is 2.14. The van der Waals surface area contributed by atoms with Gasteiger partial charge in [-0.3, -0.25) is 4.79 Å². The molecule has 0 amide bonds. The maximum absolute atomic E-state index is 13.1. The van der Waals surface area contributed by atoms with E-state index in [0.717, 1.165) is 6.07 Å². The summed E-state index contributed by atoms with van der Waals surface area (Å²) < 4.78 is 26.1. The molecule has 0 spiro atoms. The summed E-state index contributed by atoms with van der Waals surface area (Å²) in [6, 6.07) is 1.12. The smallest absolute Gasteiger partial charge is 0.338 e. The Labute approximate surface area is 94.5 Å². The molecule has 1 aromatic carbocycles. The molecular formula is C11H6F2O4. The lowest BCUT2D eigenvalue weighted by Crippen LogP contribution is -2.02. The van der Waals surface area contributed by atoms with Crippen LogP contribution in [0.2, 0.25) is 0 Å². The van der Waals surface area contributed by atoms with Crippen LogP contribution in [-0.2, 0) is 4.79 Å². The normalized spacial score (nSPS) is 9.29. The van der Waals surface area contributed by atoms with Gasteiger partial charge in [0, 0.05) is 6.07 Å². The number of carboxylic acid groups (broad SMARTS) is 2. The van der Waals surface area contributed by atoms with Gasteiger partial charge in [-0.1, -0.05) is 11.8 Å². The molecule has 0 heterocycles. The van der Waals surface area contributed by atoms with Crippen molar-refractivity contribution in [2.75, 3.05) is 0 Å². The molecule has 0 bridgehead atoms. The molecule has 0 aliphatic rings. The van der Waals surface area contributed by atoms with Crippen LogP contribution in [0.3, 0.4) is 0 Å². The van der Waals surface area contributed by atoms with Gasteiger partial charge < -0.3 is 10.2 Å². The van der Waals surface area contributed by atoms with E-state index in [2.05, 4.69) is 11.8 Å². The minimum atomic E-state index is -1.55.